The highest BCUT2D eigenvalue weighted by Gasteiger charge is 2.14. The minimum atomic E-state index is -0.642. The zero-order valence-corrected chi connectivity index (χ0v) is 17.5. The molecule has 2 amide bonds. The van der Waals surface area contributed by atoms with Gasteiger partial charge in [0.2, 0.25) is 0 Å². The molecular weight excluding hydrogens is 414 g/mol. The highest BCUT2D eigenvalue weighted by Crippen LogP contribution is 2.36. The fourth-order valence-electron chi connectivity index (χ4n) is 2.42. The number of ether oxygens (including phenoxy) is 4. The summed E-state index contributed by atoms with van der Waals surface area (Å²) >= 11 is 6.22. The third-order valence-electron chi connectivity index (χ3n) is 3.72. The van der Waals surface area contributed by atoms with Crippen LogP contribution >= 0.6 is 11.6 Å². The van der Waals surface area contributed by atoms with Crippen molar-refractivity contribution in [3.8, 4) is 23.0 Å². The molecular formula is C20H22ClN3O6. The Bertz CT molecular complexity index is 948. The normalized spacial score (nSPS) is 10.5. The SMILES string of the molecule is CCOc1cc(/C=N/NC(=O)c2ccc(OC)c(OC)c2)cc(Cl)c1OCC(N)=O. The van der Waals surface area contributed by atoms with Crippen LogP contribution in [0.25, 0.3) is 0 Å². The van der Waals surface area contributed by atoms with E-state index >= 15 is 0 Å². The van der Waals surface area contributed by atoms with Gasteiger partial charge in [0.25, 0.3) is 11.8 Å². The number of rotatable bonds is 10. The number of primary amides is 1. The van der Waals surface area contributed by atoms with Crippen molar-refractivity contribution in [2.24, 2.45) is 10.8 Å². The van der Waals surface area contributed by atoms with Crippen molar-refractivity contribution in [3.63, 3.8) is 0 Å². The van der Waals surface area contributed by atoms with Crippen LogP contribution in [0.4, 0.5) is 0 Å². The molecule has 0 fully saturated rings. The number of amides is 2. The molecule has 0 aliphatic carbocycles. The third kappa shape index (κ3) is 6.02. The molecule has 2 aromatic carbocycles. The second-order valence-corrected chi connectivity index (χ2v) is 6.19. The number of methoxy groups -OCH3 is 2. The number of nitrogens with one attached hydrogen (secondary N) is 1. The van der Waals surface area contributed by atoms with Crippen molar-refractivity contribution < 1.29 is 28.5 Å². The van der Waals surface area contributed by atoms with E-state index in [0.717, 1.165) is 0 Å². The standard InChI is InChI=1S/C20H22ClN3O6/c1-4-29-17-8-12(7-14(21)19(17)30-11-18(22)25)10-23-24-20(26)13-5-6-15(27-2)16(9-13)28-3/h5-10H,4,11H2,1-3H3,(H2,22,25)(H,24,26)/b23-10+. The maximum absolute atomic E-state index is 12.3. The van der Waals surface area contributed by atoms with Crippen LogP contribution in [0.1, 0.15) is 22.8 Å². The lowest BCUT2D eigenvalue weighted by Gasteiger charge is -2.13. The fraction of sp³-hybridized carbons (Fsp3) is 0.250. The first-order valence-corrected chi connectivity index (χ1v) is 9.20. The molecule has 160 valence electrons. The summed E-state index contributed by atoms with van der Waals surface area (Å²) in [5, 5.41) is 4.14. The molecule has 0 radical (unpaired) electrons. The fourth-order valence-corrected chi connectivity index (χ4v) is 2.69. The quantitative estimate of drug-likeness (QED) is 0.436. The summed E-state index contributed by atoms with van der Waals surface area (Å²) in [6.07, 6.45) is 1.39. The molecule has 0 saturated carbocycles. The van der Waals surface area contributed by atoms with Crippen LogP contribution in [0.2, 0.25) is 5.02 Å². The van der Waals surface area contributed by atoms with Gasteiger partial charge >= 0.3 is 0 Å². The van der Waals surface area contributed by atoms with Gasteiger partial charge in [0.15, 0.2) is 29.6 Å². The first-order valence-electron chi connectivity index (χ1n) is 8.82. The monoisotopic (exact) mass is 435 g/mol. The molecule has 3 N–H and O–H groups in total. The van der Waals surface area contributed by atoms with E-state index in [1.807, 2.05) is 0 Å². The van der Waals surface area contributed by atoms with Crippen molar-refractivity contribution in [1.82, 2.24) is 5.43 Å². The molecule has 0 aromatic heterocycles. The van der Waals surface area contributed by atoms with E-state index in [0.29, 0.717) is 35.0 Å². The Morgan fingerprint density at radius 3 is 2.47 bits per heavy atom. The Morgan fingerprint density at radius 2 is 1.83 bits per heavy atom. The van der Waals surface area contributed by atoms with Crippen LogP contribution in [0.3, 0.4) is 0 Å². The van der Waals surface area contributed by atoms with Crippen molar-refractivity contribution in [2.75, 3.05) is 27.4 Å². The first-order chi connectivity index (χ1) is 14.4. The van der Waals surface area contributed by atoms with E-state index in [1.54, 1.807) is 37.3 Å². The highest BCUT2D eigenvalue weighted by molar-refractivity contribution is 6.32. The van der Waals surface area contributed by atoms with Crippen LogP contribution in [-0.2, 0) is 4.79 Å². The zero-order valence-electron chi connectivity index (χ0n) is 16.7. The summed E-state index contributed by atoms with van der Waals surface area (Å²) in [4.78, 5) is 23.3. The smallest absolute Gasteiger partial charge is 0.271 e. The highest BCUT2D eigenvalue weighted by atomic mass is 35.5. The van der Waals surface area contributed by atoms with Crippen molar-refractivity contribution >= 4 is 29.6 Å². The van der Waals surface area contributed by atoms with Gasteiger partial charge in [0.05, 0.1) is 32.1 Å². The molecule has 0 spiro atoms. The number of nitrogens with two attached hydrogens (primary N) is 1. The van der Waals surface area contributed by atoms with E-state index < -0.39 is 11.8 Å². The molecule has 0 heterocycles. The summed E-state index contributed by atoms with van der Waals surface area (Å²) in [6.45, 7) is 1.80. The number of halogens is 1. The van der Waals surface area contributed by atoms with E-state index in [1.165, 1.54) is 20.4 Å². The summed E-state index contributed by atoms with van der Waals surface area (Å²) in [5.41, 5.74) is 8.40. The van der Waals surface area contributed by atoms with Gasteiger partial charge in [0, 0.05) is 5.56 Å². The van der Waals surface area contributed by atoms with Gasteiger partial charge in [-0.15, -0.1) is 0 Å². The van der Waals surface area contributed by atoms with Crippen LogP contribution in [0.5, 0.6) is 23.0 Å². The van der Waals surface area contributed by atoms with Gasteiger partial charge in [-0.05, 0) is 42.8 Å². The second-order valence-electron chi connectivity index (χ2n) is 5.79. The van der Waals surface area contributed by atoms with Gasteiger partial charge in [-0.3, -0.25) is 9.59 Å². The molecule has 2 aromatic rings. The average Bonchev–Trinajstić information content (AvgIpc) is 2.72. The summed E-state index contributed by atoms with van der Waals surface area (Å²) < 4.78 is 21.1. The third-order valence-corrected chi connectivity index (χ3v) is 4.00. The van der Waals surface area contributed by atoms with Gasteiger partial charge in [-0.2, -0.15) is 5.10 Å². The second kappa shape index (κ2) is 10.9. The first kappa shape index (κ1) is 22.8. The summed E-state index contributed by atoms with van der Waals surface area (Å²) in [5.74, 6) is 0.368. The maximum atomic E-state index is 12.3. The number of benzene rings is 2. The minimum Gasteiger partial charge on any atom is -0.493 e. The summed E-state index contributed by atoms with van der Waals surface area (Å²) in [7, 11) is 2.99. The average molecular weight is 436 g/mol. The lowest BCUT2D eigenvalue weighted by Crippen LogP contribution is -2.20. The molecule has 0 aliphatic heterocycles. The molecule has 0 atom stereocenters. The largest absolute Gasteiger partial charge is 0.493 e. The number of hydrazone groups is 1. The Morgan fingerprint density at radius 1 is 1.10 bits per heavy atom. The maximum Gasteiger partial charge on any atom is 0.271 e. The molecule has 0 saturated heterocycles. The van der Waals surface area contributed by atoms with Crippen molar-refractivity contribution in [3.05, 3.63) is 46.5 Å². The predicted molar refractivity (Wildman–Crippen MR) is 112 cm³/mol. The summed E-state index contributed by atoms with van der Waals surface area (Å²) in [6, 6.07) is 7.90. The number of hydrogen-bond acceptors (Lipinski definition) is 7. The Balaban J connectivity index is 2.15. The Labute approximate surface area is 178 Å². The minimum absolute atomic E-state index is 0.198. The lowest BCUT2D eigenvalue weighted by atomic mass is 10.2. The van der Waals surface area contributed by atoms with E-state index in [4.69, 9.17) is 36.3 Å². The van der Waals surface area contributed by atoms with E-state index in [9.17, 15) is 9.59 Å². The van der Waals surface area contributed by atoms with Gasteiger partial charge in [-0.1, -0.05) is 11.6 Å². The number of hydrogen-bond donors (Lipinski definition) is 2. The van der Waals surface area contributed by atoms with Gasteiger partial charge in [0.1, 0.15) is 0 Å². The van der Waals surface area contributed by atoms with Crippen LogP contribution in [-0.4, -0.2) is 45.5 Å². The molecule has 0 aliphatic rings. The molecule has 30 heavy (non-hydrogen) atoms. The van der Waals surface area contributed by atoms with Crippen LogP contribution < -0.4 is 30.1 Å². The van der Waals surface area contributed by atoms with Gasteiger partial charge in [-0.25, -0.2) is 5.43 Å². The predicted octanol–water partition coefficient (Wildman–Crippen LogP) is 2.38. The number of carbonyl (C=O) groups is 2. The van der Waals surface area contributed by atoms with E-state index in [-0.39, 0.29) is 17.4 Å². The zero-order chi connectivity index (χ0) is 22.1. The molecule has 0 bridgehead atoms. The molecule has 10 heteroatoms. The lowest BCUT2D eigenvalue weighted by molar-refractivity contribution is -0.119. The Kier molecular flexibility index (Phi) is 8.30. The molecule has 9 nitrogen and oxygen atoms in total. The number of carbonyl (C=O) groups excluding carboxylic acids is 2. The van der Waals surface area contributed by atoms with Crippen molar-refractivity contribution in [2.45, 2.75) is 6.92 Å². The topological polar surface area (TPSA) is 121 Å². The van der Waals surface area contributed by atoms with Crippen molar-refractivity contribution in [1.29, 1.82) is 0 Å². The molecule has 0 unspecified atom stereocenters. The number of nitrogens with zero attached hydrogens (tertiary/aromatic N) is 1. The van der Waals surface area contributed by atoms with E-state index in [2.05, 4.69) is 10.5 Å². The van der Waals surface area contributed by atoms with Crippen LogP contribution in [0.15, 0.2) is 35.4 Å². The molecule has 2 rings (SSSR count). The van der Waals surface area contributed by atoms with Crippen LogP contribution in [0, 0.1) is 0 Å². The van der Waals surface area contributed by atoms with Gasteiger partial charge < -0.3 is 24.7 Å². The Hall–Kier alpha value is -3.46.